The zero-order chi connectivity index (χ0) is 49.0. The first-order valence-corrected chi connectivity index (χ1v) is 26.4. The molecule has 0 aliphatic carbocycles. The second kappa shape index (κ2) is 19.5. The van der Waals surface area contributed by atoms with Crippen molar-refractivity contribution in [1.29, 1.82) is 0 Å². The Balaban J connectivity index is 0.000000190. The fourth-order valence-electron chi connectivity index (χ4n) is 11.2. The van der Waals surface area contributed by atoms with Crippen LogP contribution in [-0.4, -0.2) is 64.7 Å². The molecule has 13 heteroatoms. The molecule has 0 unspecified atom stereocenters. The number of fused-ring (bicyclic) bond motifs is 3. The molecule has 7 rings (SSSR count). The van der Waals surface area contributed by atoms with Crippen LogP contribution in [-0.2, 0) is 4.43 Å². The van der Waals surface area contributed by atoms with Gasteiger partial charge in [0, 0.05) is 62.1 Å². The van der Waals surface area contributed by atoms with Gasteiger partial charge in [0.2, 0.25) is 8.32 Å². The lowest BCUT2D eigenvalue weighted by atomic mass is 9.77. The van der Waals surface area contributed by atoms with Crippen LogP contribution in [0.15, 0.2) is 41.3 Å². The first-order chi connectivity index (χ1) is 30.0. The van der Waals surface area contributed by atoms with Crippen LogP contribution in [0.25, 0.3) is 11.3 Å². The first kappa shape index (κ1) is 52.9. The van der Waals surface area contributed by atoms with Crippen LogP contribution in [0.4, 0.5) is 17.1 Å². The summed E-state index contributed by atoms with van der Waals surface area (Å²) in [6.45, 7) is 38.7. The average Bonchev–Trinajstić information content (AvgIpc) is 3.75. The maximum absolute atomic E-state index is 11.5. The Hall–Kier alpha value is -3.09. The molecule has 1 aromatic heterocycles. The monoisotopic (exact) mass is 968 g/mol. The van der Waals surface area contributed by atoms with Crippen molar-refractivity contribution in [3.8, 4) is 11.3 Å². The SMILES string of the molecule is Cc1cc(-c2cnco2)c(Cl)c2c1NC(C)(C)[C@H](O)[C@H]2C.Cc1cc(C=O)c(Cl)c2c1NC(C)(C)[C@H](O[Si](C(C)C)(C(C)C)C(C)C)[C@H]2C.Cc1ccc(Cl)c2c1NC(C)(C)[C@H](O)[C@H]2C. The van der Waals surface area contributed by atoms with E-state index < -0.39 is 26.1 Å². The number of hydrogen-bond donors (Lipinski definition) is 5. The van der Waals surface area contributed by atoms with Crippen molar-refractivity contribution < 1.29 is 23.9 Å². The normalized spacial score (nSPS) is 23.7. The van der Waals surface area contributed by atoms with Crippen LogP contribution in [0.1, 0.15) is 165 Å². The number of aromatic nitrogens is 1. The Morgan fingerprint density at radius 2 is 1.15 bits per heavy atom. The van der Waals surface area contributed by atoms with Gasteiger partial charge in [-0.2, -0.15) is 0 Å². The summed E-state index contributed by atoms with van der Waals surface area (Å²) in [6, 6.07) is 7.78. The van der Waals surface area contributed by atoms with Crippen LogP contribution in [0.2, 0.25) is 31.7 Å². The molecule has 0 spiro atoms. The summed E-state index contributed by atoms with van der Waals surface area (Å²) in [5.41, 5.74) is 11.4. The number of aldehydes is 1. The number of aliphatic hydroxyl groups is 2. The highest BCUT2D eigenvalue weighted by Gasteiger charge is 2.52. The van der Waals surface area contributed by atoms with E-state index in [0.29, 0.717) is 38.0 Å². The van der Waals surface area contributed by atoms with Gasteiger partial charge in [-0.1, -0.05) is 103 Å². The molecule has 0 fully saturated rings. The molecule has 0 amide bonds. The van der Waals surface area contributed by atoms with E-state index in [-0.39, 0.29) is 34.9 Å². The summed E-state index contributed by atoms with van der Waals surface area (Å²) in [5, 5.41) is 33.2. The predicted molar refractivity (Wildman–Crippen MR) is 276 cm³/mol. The molecular weight excluding hydrogens is 895 g/mol. The Morgan fingerprint density at radius 3 is 1.63 bits per heavy atom. The van der Waals surface area contributed by atoms with Crippen molar-refractivity contribution in [2.45, 2.75) is 194 Å². The van der Waals surface area contributed by atoms with E-state index >= 15 is 0 Å². The molecular formula is C52H75Cl3N4O5Si. The van der Waals surface area contributed by atoms with Gasteiger partial charge >= 0.3 is 0 Å². The van der Waals surface area contributed by atoms with Gasteiger partial charge in [-0.3, -0.25) is 4.79 Å². The quantitative estimate of drug-likeness (QED) is 0.0908. The smallest absolute Gasteiger partial charge is 0.200 e. The lowest BCUT2D eigenvalue weighted by Gasteiger charge is -2.52. The second-order valence-corrected chi connectivity index (χ2v) is 28.1. The molecule has 5 N–H and O–H groups in total. The first-order valence-electron chi connectivity index (χ1n) is 23.2. The number of hydrogen-bond acceptors (Lipinski definition) is 9. The van der Waals surface area contributed by atoms with Crippen molar-refractivity contribution in [1.82, 2.24) is 4.98 Å². The second-order valence-electron chi connectivity index (χ2n) is 21.5. The summed E-state index contributed by atoms with van der Waals surface area (Å²) >= 11 is 19.5. The largest absolute Gasteiger partial charge is 0.443 e. The fraction of sp³-hybridized carbons (Fsp3) is 0.577. The van der Waals surface area contributed by atoms with Crippen LogP contribution in [0.3, 0.4) is 0 Å². The van der Waals surface area contributed by atoms with E-state index in [1.54, 1.807) is 6.20 Å². The number of carbonyl (C=O) groups is 1. The Morgan fingerprint density at radius 1 is 0.692 bits per heavy atom. The number of benzene rings is 3. The van der Waals surface area contributed by atoms with Gasteiger partial charge in [-0.15, -0.1) is 0 Å². The summed E-state index contributed by atoms with van der Waals surface area (Å²) in [7, 11) is -2.07. The zero-order valence-electron chi connectivity index (χ0n) is 41.9. The zero-order valence-corrected chi connectivity index (χ0v) is 45.2. The maximum atomic E-state index is 11.5. The summed E-state index contributed by atoms with van der Waals surface area (Å²) in [6.07, 6.45) is 2.92. The molecule has 358 valence electrons. The fourth-order valence-corrected chi connectivity index (χ4v) is 18.1. The van der Waals surface area contributed by atoms with E-state index in [2.05, 4.69) is 90.2 Å². The Labute approximate surface area is 405 Å². The molecule has 4 aromatic rings. The number of nitrogens with one attached hydrogen (secondary N) is 3. The lowest BCUT2D eigenvalue weighted by Crippen LogP contribution is -2.59. The number of nitrogens with zero attached hydrogens (tertiary/aromatic N) is 1. The number of anilines is 3. The van der Waals surface area contributed by atoms with Crippen molar-refractivity contribution in [3.63, 3.8) is 0 Å². The Kier molecular flexibility index (Phi) is 15.9. The van der Waals surface area contributed by atoms with Gasteiger partial charge in [0.1, 0.15) is 0 Å². The molecule has 9 nitrogen and oxygen atoms in total. The van der Waals surface area contributed by atoms with Crippen molar-refractivity contribution in [2.24, 2.45) is 0 Å². The average molecular weight is 971 g/mol. The van der Waals surface area contributed by atoms with Crippen LogP contribution in [0.5, 0.6) is 0 Å². The molecule has 0 saturated heterocycles. The highest BCUT2D eigenvalue weighted by atomic mass is 35.5. The van der Waals surface area contributed by atoms with Gasteiger partial charge in [0.15, 0.2) is 18.4 Å². The van der Waals surface area contributed by atoms with Crippen LogP contribution >= 0.6 is 34.8 Å². The van der Waals surface area contributed by atoms with Crippen molar-refractivity contribution in [3.05, 3.63) is 90.9 Å². The van der Waals surface area contributed by atoms with Gasteiger partial charge in [0.25, 0.3) is 0 Å². The molecule has 3 aromatic carbocycles. The third-order valence-electron chi connectivity index (χ3n) is 14.6. The maximum Gasteiger partial charge on any atom is 0.200 e. The van der Waals surface area contributed by atoms with Crippen molar-refractivity contribution in [2.75, 3.05) is 16.0 Å². The highest BCUT2D eigenvalue weighted by molar-refractivity contribution is 6.77. The number of carbonyl (C=O) groups excluding carboxylic acids is 1. The van der Waals surface area contributed by atoms with Crippen LogP contribution < -0.4 is 16.0 Å². The van der Waals surface area contributed by atoms with Gasteiger partial charge in [0.05, 0.1) is 51.2 Å². The molecule has 3 aliphatic heterocycles. The standard InChI is InChI=1S/C23H38ClNO2Si.C16H19ClN2O2.C13H18ClNO/c1-13(2)28(14(3)4,15(5)6)27-22-17(8)19-20(24)18(12-26)11-16(7)21(19)25-23(22,9)10;1-8-5-10(11-6-18-7-21-11)13(17)12-9(2)15(20)16(3,4)19-14(8)12;1-7-5-6-9(14)10-8(2)12(16)13(3,4)15-11(7)10/h11-15,17,22,25H,1-10H3;5-7,9,15,19-20H,1-4H3;5-6,8,12,15-16H,1-4H3/t17-,22+;9-,15+;8-,12+/m000/s1. The van der Waals surface area contributed by atoms with Gasteiger partial charge in [-0.05, 0) is 119 Å². The lowest BCUT2D eigenvalue weighted by molar-refractivity contribution is 0.0868. The highest BCUT2D eigenvalue weighted by Crippen LogP contribution is 2.52. The summed E-state index contributed by atoms with van der Waals surface area (Å²) in [4.78, 5) is 15.5. The van der Waals surface area contributed by atoms with Crippen molar-refractivity contribution >= 4 is 66.5 Å². The minimum absolute atomic E-state index is 0.0160. The van der Waals surface area contributed by atoms with Crippen LogP contribution in [0, 0.1) is 20.8 Å². The van der Waals surface area contributed by atoms with Gasteiger partial charge < -0.3 is 35.0 Å². The molecule has 6 atom stereocenters. The number of rotatable bonds is 7. The third-order valence-corrected chi connectivity index (χ3v) is 21.8. The van der Waals surface area contributed by atoms with E-state index in [4.69, 9.17) is 43.6 Å². The number of aryl methyl sites for hydroxylation is 3. The minimum atomic E-state index is -2.07. The van der Waals surface area contributed by atoms with E-state index in [0.717, 1.165) is 61.8 Å². The van der Waals surface area contributed by atoms with E-state index in [9.17, 15) is 15.0 Å². The minimum Gasteiger partial charge on any atom is -0.443 e. The molecule has 4 heterocycles. The number of halogens is 3. The molecule has 65 heavy (non-hydrogen) atoms. The van der Waals surface area contributed by atoms with E-state index in [1.807, 2.05) is 79.7 Å². The van der Waals surface area contributed by atoms with Gasteiger partial charge in [-0.25, -0.2) is 4.98 Å². The molecule has 0 radical (unpaired) electrons. The number of aliphatic hydroxyl groups excluding tert-OH is 2. The molecule has 0 bridgehead atoms. The molecule has 0 saturated carbocycles. The third kappa shape index (κ3) is 9.79. The predicted octanol–water partition coefficient (Wildman–Crippen LogP) is 14.6. The van der Waals surface area contributed by atoms with E-state index in [1.165, 1.54) is 12.0 Å². The topological polar surface area (TPSA) is 129 Å². The molecule has 3 aliphatic rings. The summed E-state index contributed by atoms with van der Waals surface area (Å²) in [5.74, 6) is 0.724. The summed E-state index contributed by atoms with van der Waals surface area (Å²) < 4.78 is 12.6. The Bertz CT molecular complexity index is 2340. The number of oxazole rings is 1.